The molecule has 3 nitrogen and oxygen atoms in total. The number of carbonyl (C=O) groups is 1. The van der Waals surface area contributed by atoms with Gasteiger partial charge in [0.1, 0.15) is 10.0 Å². The van der Waals surface area contributed by atoms with Crippen molar-refractivity contribution in [1.82, 2.24) is 4.90 Å². The van der Waals surface area contributed by atoms with Crippen molar-refractivity contribution < 1.29 is 9.90 Å². The second kappa shape index (κ2) is 6.08. The van der Waals surface area contributed by atoms with E-state index in [0.717, 1.165) is 0 Å². The summed E-state index contributed by atoms with van der Waals surface area (Å²) in [5, 5.41) is 8.35. The van der Waals surface area contributed by atoms with Gasteiger partial charge in [0.15, 0.2) is 0 Å². The van der Waals surface area contributed by atoms with Crippen molar-refractivity contribution in [1.29, 1.82) is 0 Å². The maximum Gasteiger partial charge on any atom is 0.347 e. The number of nitrogens with zero attached hydrogens (tertiary/aromatic N) is 1. The molecule has 0 spiro atoms. The lowest BCUT2D eigenvalue weighted by atomic mass is 10.2. The third-order valence-corrected chi connectivity index (χ3v) is 2.42. The molecule has 0 radical (unpaired) electrons. The number of aliphatic carboxylic acids is 1. The Labute approximate surface area is 101 Å². The average molecular weight is 250 g/mol. The smallest absolute Gasteiger partial charge is 0.347 e. The molecule has 0 aromatic rings. The first-order chi connectivity index (χ1) is 6.77. The van der Waals surface area contributed by atoms with Gasteiger partial charge in [-0.25, -0.2) is 4.79 Å². The van der Waals surface area contributed by atoms with Gasteiger partial charge in [0.05, 0.1) is 0 Å². The van der Waals surface area contributed by atoms with Crippen LogP contribution < -0.4 is 0 Å². The van der Waals surface area contributed by atoms with Crippen LogP contribution in [0.15, 0.2) is 11.1 Å². The first-order valence-corrected chi connectivity index (χ1v) is 5.48. The highest BCUT2D eigenvalue weighted by Crippen LogP contribution is 2.11. The Morgan fingerprint density at radius 1 is 1.33 bits per heavy atom. The zero-order valence-corrected chi connectivity index (χ0v) is 10.9. The van der Waals surface area contributed by atoms with Crippen LogP contribution in [0.2, 0.25) is 0 Å². The van der Waals surface area contributed by atoms with E-state index < -0.39 is 5.97 Å². The van der Waals surface area contributed by atoms with E-state index in [1.165, 1.54) is 6.08 Å². The maximum absolute atomic E-state index is 10.5. The second-order valence-corrected chi connectivity index (χ2v) is 4.56. The van der Waals surface area contributed by atoms with Crippen molar-refractivity contribution in [3.8, 4) is 0 Å². The lowest BCUT2D eigenvalue weighted by molar-refractivity contribution is -0.131. The Morgan fingerprint density at radius 2 is 1.73 bits per heavy atom. The average Bonchev–Trinajstić information content (AvgIpc) is 2.01. The second-order valence-electron chi connectivity index (χ2n) is 3.73. The number of halogens is 1. The zero-order chi connectivity index (χ0) is 12.2. The monoisotopic (exact) mass is 249 g/mol. The fourth-order valence-corrected chi connectivity index (χ4v) is 2.06. The lowest BCUT2D eigenvalue weighted by Crippen LogP contribution is -2.40. The van der Waals surface area contributed by atoms with Crippen LogP contribution in [0.4, 0.5) is 0 Å². The Kier molecular flexibility index (Phi) is 5.83. The third kappa shape index (κ3) is 4.62. The summed E-state index contributed by atoms with van der Waals surface area (Å²) in [6.07, 6.45) is 1.30. The molecule has 0 rings (SSSR count). The largest absolute Gasteiger partial charge is 0.477 e. The molecule has 0 aliphatic carbocycles. The number of hydrogen-bond donors (Lipinski definition) is 1. The molecule has 0 fully saturated rings. The van der Waals surface area contributed by atoms with E-state index in [2.05, 4.69) is 0 Å². The summed E-state index contributed by atoms with van der Waals surface area (Å²) in [4.78, 5) is 12.9. The van der Waals surface area contributed by atoms with Gasteiger partial charge in [-0.2, -0.15) is 0 Å². The number of thiocarbonyl (C=S) groups is 1. The van der Waals surface area contributed by atoms with E-state index in [-0.39, 0.29) is 17.1 Å². The van der Waals surface area contributed by atoms with E-state index in [1.54, 1.807) is 0 Å². The molecule has 0 atom stereocenters. The number of rotatable bonds is 4. The molecule has 0 bridgehead atoms. The predicted molar refractivity (Wildman–Crippen MR) is 66.3 cm³/mol. The number of carboxylic acid groups (broad SMARTS) is 1. The van der Waals surface area contributed by atoms with E-state index in [9.17, 15) is 4.79 Å². The summed E-state index contributed by atoms with van der Waals surface area (Å²) in [7, 11) is 0. The SMILES string of the molecule is CC(C)N(C(=S)C=C(Cl)C(=O)O)C(C)C. The van der Waals surface area contributed by atoms with Crippen molar-refractivity contribution in [3.63, 3.8) is 0 Å². The van der Waals surface area contributed by atoms with Gasteiger partial charge < -0.3 is 10.0 Å². The number of carboxylic acids is 1. The summed E-state index contributed by atoms with van der Waals surface area (Å²) in [5.74, 6) is -1.16. The van der Waals surface area contributed by atoms with Gasteiger partial charge in [0.25, 0.3) is 0 Å². The minimum atomic E-state index is -1.16. The number of hydrogen-bond acceptors (Lipinski definition) is 2. The molecule has 0 aromatic heterocycles. The van der Waals surface area contributed by atoms with Gasteiger partial charge >= 0.3 is 5.97 Å². The molecule has 0 aromatic carbocycles. The van der Waals surface area contributed by atoms with Gasteiger partial charge in [-0.05, 0) is 33.8 Å². The topological polar surface area (TPSA) is 40.5 Å². The van der Waals surface area contributed by atoms with E-state index >= 15 is 0 Å². The van der Waals surface area contributed by atoms with Gasteiger partial charge in [0, 0.05) is 12.1 Å². The van der Waals surface area contributed by atoms with Gasteiger partial charge in [-0.3, -0.25) is 0 Å². The van der Waals surface area contributed by atoms with Crippen LogP contribution in [0.5, 0.6) is 0 Å². The Balaban J connectivity index is 4.82. The van der Waals surface area contributed by atoms with Crippen LogP contribution in [-0.2, 0) is 4.79 Å². The van der Waals surface area contributed by atoms with Crippen LogP contribution >= 0.6 is 23.8 Å². The summed E-state index contributed by atoms with van der Waals surface area (Å²) >= 11 is 10.6. The highest BCUT2D eigenvalue weighted by atomic mass is 35.5. The molecule has 86 valence electrons. The molecule has 0 unspecified atom stereocenters. The zero-order valence-electron chi connectivity index (χ0n) is 9.32. The molecule has 0 heterocycles. The standard InChI is InChI=1S/C10H16ClNO2S/c1-6(2)12(7(3)4)9(15)5-8(11)10(13)14/h5-7H,1-4H3,(H,13,14). The van der Waals surface area contributed by atoms with E-state index in [0.29, 0.717) is 4.99 Å². The summed E-state index contributed by atoms with van der Waals surface area (Å²) < 4.78 is 0. The normalized spacial score (nSPS) is 12.1. The van der Waals surface area contributed by atoms with Crippen LogP contribution in [-0.4, -0.2) is 33.0 Å². The fraction of sp³-hybridized carbons (Fsp3) is 0.600. The molecule has 0 aliphatic rings. The Hall–Kier alpha value is -0.610. The van der Waals surface area contributed by atoms with Crippen molar-refractivity contribution in [2.75, 3.05) is 0 Å². The minimum Gasteiger partial charge on any atom is -0.477 e. The van der Waals surface area contributed by atoms with Crippen LogP contribution in [0.25, 0.3) is 0 Å². The first kappa shape index (κ1) is 14.4. The Bertz CT molecular complexity index is 279. The highest BCUT2D eigenvalue weighted by Gasteiger charge is 2.16. The Morgan fingerprint density at radius 3 is 2.00 bits per heavy atom. The predicted octanol–water partition coefficient (Wildman–Crippen LogP) is 2.64. The maximum atomic E-state index is 10.5. The van der Waals surface area contributed by atoms with Crippen molar-refractivity contribution in [2.45, 2.75) is 39.8 Å². The molecular formula is C10H16ClNO2S. The van der Waals surface area contributed by atoms with Gasteiger partial charge in [-0.15, -0.1) is 0 Å². The lowest BCUT2D eigenvalue weighted by Gasteiger charge is -2.32. The molecule has 0 saturated carbocycles. The summed E-state index contributed by atoms with van der Waals surface area (Å²) in [6.45, 7) is 7.98. The highest BCUT2D eigenvalue weighted by molar-refractivity contribution is 7.80. The van der Waals surface area contributed by atoms with E-state index in [1.807, 2.05) is 32.6 Å². The van der Waals surface area contributed by atoms with E-state index in [4.69, 9.17) is 28.9 Å². The molecule has 15 heavy (non-hydrogen) atoms. The molecule has 0 amide bonds. The van der Waals surface area contributed by atoms with Crippen molar-refractivity contribution >= 4 is 34.8 Å². The van der Waals surface area contributed by atoms with Gasteiger partial charge in [-0.1, -0.05) is 23.8 Å². The van der Waals surface area contributed by atoms with Crippen LogP contribution in [0.1, 0.15) is 27.7 Å². The van der Waals surface area contributed by atoms with Crippen LogP contribution in [0.3, 0.4) is 0 Å². The summed E-state index contributed by atoms with van der Waals surface area (Å²) in [5.41, 5.74) is 0. The first-order valence-electron chi connectivity index (χ1n) is 4.70. The van der Waals surface area contributed by atoms with Crippen LogP contribution in [0, 0.1) is 0 Å². The molecule has 0 aliphatic heterocycles. The quantitative estimate of drug-likeness (QED) is 0.614. The van der Waals surface area contributed by atoms with Gasteiger partial charge in [0.2, 0.25) is 0 Å². The summed E-state index contributed by atoms with van der Waals surface area (Å²) in [6, 6.07) is 0.430. The fourth-order valence-electron chi connectivity index (χ4n) is 1.35. The molecule has 1 N–H and O–H groups in total. The van der Waals surface area contributed by atoms with Crippen molar-refractivity contribution in [3.05, 3.63) is 11.1 Å². The third-order valence-electron chi connectivity index (χ3n) is 1.82. The minimum absolute atomic E-state index is 0.215. The van der Waals surface area contributed by atoms with Crippen molar-refractivity contribution in [2.24, 2.45) is 0 Å². The molecule has 5 heteroatoms. The molecule has 0 saturated heterocycles. The molecular weight excluding hydrogens is 234 g/mol.